The Labute approximate surface area is 296 Å². The Morgan fingerprint density at radius 2 is 1.87 bits per heavy atom. The van der Waals surface area contributed by atoms with Crippen LogP contribution in [0.3, 0.4) is 0 Å². The number of pyridine rings is 3. The molecule has 4 N–H and O–H groups in total. The Morgan fingerprint density at radius 3 is 2.62 bits per heavy atom. The van der Waals surface area contributed by atoms with Crippen LogP contribution in [0.1, 0.15) is 40.9 Å². The average Bonchev–Trinajstić information content (AvgIpc) is 3.82. The molecule has 13 nitrogen and oxygen atoms in total. The van der Waals surface area contributed by atoms with Crippen molar-refractivity contribution in [1.29, 1.82) is 0 Å². The molecule has 2 fully saturated rings. The van der Waals surface area contributed by atoms with E-state index in [0.29, 0.717) is 51.6 Å². The topological polar surface area (TPSA) is 171 Å². The number of likely N-dealkylation sites (tertiary alicyclic amines) is 1. The normalized spacial score (nSPS) is 17.6. The maximum Gasteiger partial charge on any atom is 0.341 e. The number of aromatic carboxylic acids is 1. The van der Waals surface area contributed by atoms with Crippen LogP contribution in [0.2, 0.25) is 0 Å². The minimum atomic E-state index is -1.35. The first-order valence-corrected chi connectivity index (χ1v) is 17.0. The predicted molar refractivity (Wildman–Crippen MR) is 188 cm³/mol. The number of likely N-dealkylation sites (N-methyl/N-ethyl adjacent to an activating group) is 1. The molecule has 0 saturated carbocycles. The van der Waals surface area contributed by atoms with Crippen LogP contribution in [0.15, 0.2) is 47.5 Å². The SMILES string of the molecule is CN1C[C@@H]2CCN(c3c(-c4ccc5ccc(C(=O)O)c(=O)n5c4)cnc4c3-c3c(F)c(F)cc(N(C)C(=O)CCC(=O)CNC(=O)CN)c3C4)[C@@H]2C1. The van der Waals surface area contributed by atoms with E-state index in [1.165, 1.54) is 22.4 Å². The molecule has 5 heterocycles. The first-order valence-electron chi connectivity index (χ1n) is 17.0. The van der Waals surface area contributed by atoms with Gasteiger partial charge in [0.15, 0.2) is 17.4 Å². The molecule has 2 amide bonds. The van der Waals surface area contributed by atoms with Gasteiger partial charge in [0.05, 0.1) is 30.2 Å². The zero-order chi connectivity index (χ0) is 37.0. The number of anilines is 2. The minimum absolute atomic E-state index is 0.00417. The number of nitrogens with two attached hydrogens (primary N) is 1. The molecule has 2 saturated heterocycles. The summed E-state index contributed by atoms with van der Waals surface area (Å²) in [5.74, 6) is -4.64. The number of Topliss-reactive ketones (excluding diaryl/α,β-unsaturated/α-hetero) is 1. The number of aromatic nitrogens is 2. The maximum absolute atomic E-state index is 16.2. The predicted octanol–water partition coefficient (Wildman–Crippen LogP) is 2.44. The number of carbonyl (C=O) groups excluding carboxylic acids is 3. The zero-order valence-corrected chi connectivity index (χ0v) is 28.6. The Balaban J connectivity index is 1.34. The molecule has 0 radical (unpaired) electrons. The standard InChI is InChI=1S/C37H37F2N7O6/c1-43-16-20-9-10-45(29(20)18-43)35-25(19-3-4-21-5-7-23(37(51)52)36(50)46(21)17-19)15-41-27-11-24-28(12-26(38)34(39)32(24)33(27)35)44(2)31(49)8-6-22(47)14-42-30(48)13-40/h3-5,7,12,15,17,20,29H,6,8-11,13-14,16,18,40H2,1-2H3,(H,42,48)(H,51,52)/t20-,29+/m0/s1. The van der Waals surface area contributed by atoms with E-state index < -0.39 is 40.5 Å². The fourth-order valence-electron chi connectivity index (χ4n) is 7.87. The molecule has 4 aromatic rings. The van der Waals surface area contributed by atoms with E-state index in [2.05, 4.69) is 15.1 Å². The first kappa shape index (κ1) is 34.9. The lowest BCUT2D eigenvalue weighted by Gasteiger charge is -2.31. The number of hydrogen-bond donors (Lipinski definition) is 3. The van der Waals surface area contributed by atoms with Crippen LogP contribution in [0.25, 0.3) is 27.8 Å². The molecular weight excluding hydrogens is 676 g/mol. The number of carbonyl (C=O) groups is 4. The second-order valence-electron chi connectivity index (χ2n) is 13.6. The molecule has 1 aromatic carbocycles. The minimum Gasteiger partial charge on any atom is -0.477 e. The molecule has 1 aliphatic carbocycles. The van der Waals surface area contributed by atoms with Gasteiger partial charge in [0.25, 0.3) is 5.56 Å². The maximum atomic E-state index is 16.2. The van der Waals surface area contributed by atoms with Gasteiger partial charge in [-0.1, -0.05) is 6.07 Å². The number of rotatable bonds is 10. The molecule has 0 bridgehead atoms. The summed E-state index contributed by atoms with van der Waals surface area (Å²) < 4.78 is 33.2. The molecule has 0 spiro atoms. The van der Waals surface area contributed by atoms with Gasteiger partial charge in [-0.2, -0.15) is 0 Å². The largest absolute Gasteiger partial charge is 0.477 e. The summed E-state index contributed by atoms with van der Waals surface area (Å²) in [6.07, 6.45) is 3.77. The monoisotopic (exact) mass is 713 g/mol. The van der Waals surface area contributed by atoms with E-state index in [4.69, 9.17) is 10.7 Å². The van der Waals surface area contributed by atoms with Crippen LogP contribution < -0.4 is 26.4 Å². The van der Waals surface area contributed by atoms with Gasteiger partial charge >= 0.3 is 5.97 Å². The number of fused-ring (bicyclic) bond motifs is 5. The van der Waals surface area contributed by atoms with E-state index in [-0.39, 0.29) is 55.4 Å². The van der Waals surface area contributed by atoms with E-state index >= 15 is 8.78 Å². The Hall–Kier alpha value is -5.54. The summed E-state index contributed by atoms with van der Waals surface area (Å²) in [6, 6.07) is 7.33. The Kier molecular flexibility index (Phi) is 9.09. The number of halogens is 2. The first-order chi connectivity index (χ1) is 24.9. The van der Waals surface area contributed by atoms with Gasteiger partial charge in [0.2, 0.25) is 11.8 Å². The average molecular weight is 714 g/mol. The van der Waals surface area contributed by atoms with Crippen molar-refractivity contribution in [3.05, 3.63) is 81.5 Å². The van der Waals surface area contributed by atoms with Crippen molar-refractivity contribution >= 4 is 40.5 Å². The molecule has 7 rings (SSSR count). The number of nitrogens with one attached hydrogen (secondary N) is 1. The molecule has 3 aliphatic rings. The lowest BCUT2D eigenvalue weighted by atomic mass is 9.96. The van der Waals surface area contributed by atoms with Gasteiger partial charge in [-0.25, -0.2) is 13.6 Å². The third-order valence-corrected chi connectivity index (χ3v) is 10.5. The van der Waals surface area contributed by atoms with Crippen LogP contribution in [0.5, 0.6) is 0 Å². The van der Waals surface area contributed by atoms with Gasteiger partial charge in [0, 0.05) is 98.2 Å². The van der Waals surface area contributed by atoms with Crippen molar-refractivity contribution in [1.82, 2.24) is 19.6 Å². The van der Waals surface area contributed by atoms with E-state index in [0.717, 1.165) is 25.6 Å². The number of carboxylic acids is 1. The Morgan fingerprint density at radius 1 is 1.10 bits per heavy atom. The van der Waals surface area contributed by atoms with Gasteiger partial charge < -0.3 is 30.9 Å². The summed E-state index contributed by atoms with van der Waals surface area (Å²) in [5.41, 5.74) is 7.76. The van der Waals surface area contributed by atoms with E-state index in [9.17, 15) is 29.1 Å². The van der Waals surface area contributed by atoms with Crippen LogP contribution in [0, 0.1) is 17.6 Å². The van der Waals surface area contributed by atoms with Crippen LogP contribution in [-0.2, 0) is 20.8 Å². The van der Waals surface area contributed by atoms with Gasteiger partial charge in [-0.15, -0.1) is 0 Å². The summed E-state index contributed by atoms with van der Waals surface area (Å²) >= 11 is 0. The lowest BCUT2D eigenvalue weighted by molar-refractivity contribution is -0.125. The van der Waals surface area contributed by atoms with Crippen molar-refractivity contribution in [3.63, 3.8) is 0 Å². The van der Waals surface area contributed by atoms with Crippen LogP contribution in [0.4, 0.5) is 20.2 Å². The van der Waals surface area contributed by atoms with Gasteiger partial charge in [-0.05, 0) is 43.1 Å². The number of ketones is 1. The van der Waals surface area contributed by atoms with Crippen molar-refractivity contribution in [2.75, 3.05) is 56.6 Å². The molecule has 15 heteroatoms. The Bertz CT molecular complexity index is 2240. The molecule has 3 aromatic heterocycles. The fraction of sp³-hybridized carbons (Fsp3) is 0.351. The van der Waals surface area contributed by atoms with Crippen molar-refractivity contribution in [2.24, 2.45) is 11.7 Å². The summed E-state index contributed by atoms with van der Waals surface area (Å²) in [7, 11) is 3.48. The molecular formula is C37H37F2N7O6. The fourth-order valence-corrected chi connectivity index (χ4v) is 7.87. The van der Waals surface area contributed by atoms with Crippen molar-refractivity contribution in [2.45, 2.75) is 31.7 Å². The van der Waals surface area contributed by atoms with E-state index in [1.807, 2.05) is 7.05 Å². The number of nitrogens with zero attached hydrogens (tertiary/aromatic N) is 5. The third kappa shape index (κ3) is 5.98. The highest BCUT2D eigenvalue weighted by molar-refractivity contribution is 6.01. The molecule has 52 heavy (non-hydrogen) atoms. The number of amides is 2. The van der Waals surface area contributed by atoms with Crippen molar-refractivity contribution in [3.8, 4) is 22.3 Å². The molecule has 270 valence electrons. The van der Waals surface area contributed by atoms with E-state index in [1.54, 1.807) is 30.6 Å². The van der Waals surface area contributed by atoms with Crippen LogP contribution >= 0.6 is 0 Å². The number of hydrogen-bond acceptors (Lipinski definition) is 9. The van der Waals surface area contributed by atoms with Crippen molar-refractivity contribution < 1.29 is 33.1 Å². The highest BCUT2D eigenvalue weighted by Crippen LogP contribution is 2.52. The lowest BCUT2D eigenvalue weighted by Crippen LogP contribution is -2.35. The molecule has 0 unspecified atom stereocenters. The molecule has 2 aliphatic heterocycles. The third-order valence-electron chi connectivity index (χ3n) is 10.5. The van der Waals surface area contributed by atoms with Gasteiger partial charge in [-0.3, -0.25) is 28.6 Å². The number of benzene rings is 1. The van der Waals surface area contributed by atoms with Gasteiger partial charge in [0.1, 0.15) is 5.56 Å². The highest BCUT2D eigenvalue weighted by Gasteiger charge is 2.44. The smallest absolute Gasteiger partial charge is 0.341 e. The second kappa shape index (κ2) is 13.5. The molecule has 2 atom stereocenters. The zero-order valence-electron chi connectivity index (χ0n) is 28.6. The second-order valence-corrected chi connectivity index (χ2v) is 13.6. The number of carboxylic acid groups (broad SMARTS) is 1. The summed E-state index contributed by atoms with van der Waals surface area (Å²) in [5, 5.41) is 12.0. The highest BCUT2D eigenvalue weighted by atomic mass is 19.2. The van der Waals surface area contributed by atoms with Crippen LogP contribution in [-0.4, -0.2) is 95.8 Å². The summed E-state index contributed by atoms with van der Waals surface area (Å²) in [6.45, 7) is 1.71. The summed E-state index contributed by atoms with van der Waals surface area (Å²) in [4.78, 5) is 72.5. The quantitative estimate of drug-likeness (QED) is 0.195.